The van der Waals surface area contributed by atoms with E-state index in [1.54, 1.807) is 28.8 Å². The van der Waals surface area contributed by atoms with Crippen LogP contribution in [0.1, 0.15) is 51.9 Å². The average molecular weight is 400 g/mol. The first kappa shape index (κ1) is 21.6. The van der Waals surface area contributed by atoms with Gasteiger partial charge < -0.3 is 5.32 Å². The third-order valence-electron chi connectivity index (χ3n) is 4.23. The van der Waals surface area contributed by atoms with Gasteiger partial charge in [0.2, 0.25) is 5.91 Å². The third-order valence-corrected chi connectivity index (χ3v) is 4.48. The number of nitrogens with zero attached hydrogens (tertiary/aromatic N) is 2. The monoisotopic (exact) mass is 399 g/mol. The van der Waals surface area contributed by atoms with Gasteiger partial charge >= 0.3 is 0 Å². The molecule has 148 valence electrons. The lowest BCUT2D eigenvalue weighted by Gasteiger charge is -2.18. The Kier molecular flexibility index (Phi) is 6.97. The number of carbonyl (C=O) groups excluding carboxylic acids is 1. The van der Waals surface area contributed by atoms with Gasteiger partial charge in [0.1, 0.15) is 5.82 Å². The van der Waals surface area contributed by atoms with E-state index in [4.69, 9.17) is 16.6 Å². The van der Waals surface area contributed by atoms with Gasteiger partial charge in [0.05, 0.1) is 16.6 Å². The normalized spacial score (nSPS) is 10.6. The zero-order valence-electron chi connectivity index (χ0n) is 17.1. The number of anilines is 1. The molecule has 3 rings (SSSR count). The molecule has 28 heavy (non-hydrogen) atoms. The lowest BCUT2D eigenvalue weighted by molar-refractivity contribution is -0.114. The zero-order valence-corrected chi connectivity index (χ0v) is 17.9. The number of benzene rings is 2. The van der Waals surface area contributed by atoms with Crippen LogP contribution in [0.4, 0.5) is 5.69 Å². The standard InChI is InChI=1S/C20H20ClN3O2.C2H6/c1-11(2)19-23-18-12(3)17(22-13(4)25)10-9-16(18)20(26)24(19)15-7-5-14(21)6-8-15;1-2/h5-11H,1-4H3,(H,22,25);1-2H3. The Hall–Kier alpha value is -2.66. The molecule has 0 saturated carbocycles. The number of hydrogen-bond acceptors (Lipinski definition) is 3. The molecule has 0 unspecified atom stereocenters. The van der Waals surface area contributed by atoms with Crippen LogP contribution < -0.4 is 10.9 Å². The summed E-state index contributed by atoms with van der Waals surface area (Å²) in [4.78, 5) is 29.4. The number of rotatable bonds is 3. The second kappa shape index (κ2) is 9.02. The summed E-state index contributed by atoms with van der Waals surface area (Å²) in [7, 11) is 0. The molecule has 0 aliphatic carbocycles. The van der Waals surface area contributed by atoms with E-state index in [2.05, 4.69) is 5.32 Å². The largest absolute Gasteiger partial charge is 0.326 e. The molecule has 0 atom stereocenters. The predicted molar refractivity (Wildman–Crippen MR) is 117 cm³/mol. The van der Waals surface area contributed by atoms with Crippen LogP contribution in [0.3, 0.4) is 0 Å². The molecular formula is C22H26ClN3O2. The van der Waals surface area contributed by atoms with E-state index >= 15 is 0 Å². The van der Waals surface area contributed by atoms with E-state index in [0.717, 1.165) is 11.3 Å². The van der Waals surface area contributed by atoms with Crippen LogP contribution in [0.25, 0.3) is 16.6 Å². The summed E-state index contributed by atoms with van der Waals surface area (Å²) in [6, 6.07) is 10.6. The molecule has 0 aliphatic heterocycles. The SMILES string of the molecule is CC.CC(=O)Nc1ccc2c(=O)n(-c3ccc(Cl)cc3)c(C(C)C)nc2c1C. The highest BCUT2D eigenvalue weighted by molar-refractivity contribution is 6.30. The number of amides is 1. The van der Waals surface area contributed by atoms with Crippen molar-refractivity contribution in [2.24, 2.45) is 0 Å². The van der Waals surface area contributed by atoms with E-state index < -0.39 is 0 Å². The van der Waals surface area contributed by atoms with Crippen LogP contribution in [0, 0.1) is 6.92 Å². The van der Waals surface area contributed by atoms with Gasteiger partial charge in [-0.2, -0.15) is 0 Å². The van der Waals surface area contributed by atoms with E-state index in [-0.39, 0.29) is 17.4 Å². The summed E-state index contributed by atoms with van der Waals surface area (Å²) in [5.74, 6) is 0.533. The minimum absolute atomic E-state index is 0.0339. The van der Waals surface area contributed by atoms with Crippen LogP contribution in [0.5, 0.6) is 0 Å². The summed E-state index contributed by atoms with van der Waals surface area (Å²) in [5.41, 5.74) is 2.63. The van der Waals surface area contributed by atoms with Crippen molar-refractivity contribution in [1.82, 2.24) is 9.55 Å². The smallest absolute Gasteiger partial charge is 0.265 e. The molecule has 0 fully saturated rings. The van der Waals surface area contributed by atoms with Crippen molar-refractivity contribution in [3.63, 3.8) is 0 Å². The van der Waals surface area contributed by atoms with E-state index in [1.807, 2.05) is 46.8 Å². The Morgan fingerprint density at radius 3 is 2.25 bits per heavy atom. The maximum absolute atomic E-state index is 13.2. The average Bonchev–Trinajstić information content (AvgIpc) is 2.66. The topological polar surface area (TPSA) is 64.0 Å². The molecule has 0 spiro atoms. The fourth-order valence-corrected chi connectivity index (χ4v) is 3.08. The van der Waals surface area contributed by atoms with Gasteiger partial charge in [-0.25, -0.2) is 4.98 Å². The number of aromatic nitrogens is 2. The van der Waals surface area contributed by atoms with Crippen molar-refractivity contribution >= 4 is 34.1 Å². The molecule has 3 aromatic rings. The van der Waals surface area contributed by atoms with Gasteiger partial charge in [0.25, 0.3) is 5.56 Å². The van der Waals surface area contributed by atoms with Crippen molar-refractivity contribution < 1.29 is 4.79 Å². The van der Waals surface area contributed by atoms with Gasteiger partial charge in [0.15, 0.2) is 0 Å². The Bertz CT molecular complexity index is 1050. The molecule has 0 aliphatic rings. The number of halogens is 1. The Morgan fingerprint density at radius 1 is 1.11 bits per heavy atom. The highest BCUT2D eigenvalue weighted by Crippen LogP contribution is 2.25. The first-order valence-electron chi connectivity index (χ1n) is 9.39. The maximum Gasteiger partial charge on any atom is 0.265 e. The highest BCUT2D eigenvalue weighted by atomic mass is 35.5. The van der Waals surface area contributed by atoms with E-state index in [1.165, 1.54) is 6.92 Å². The molecule has 1 aromatic heterocycles. The Balaban J connectivity index is 0.00000136. The fourth-order valence-electron chi connectivity index (χ4n) is 2.96. The molecule has 0 saturated heterocycles. The first-order valence-corrected chi connectivity index (χ1v) is 9.77. The van der Waals surface area contributed by atoms with Gasteiger partial charge in [-0.3, -0.25) is 14.2 Å². The second-order valence-electron chi connectivity index (χ2n) is 6.56. The van der Waals surface area contributed by atoms with Crippen LogP contribution in [-0.2, 0) is 4.79 Å². The summed E-state index contributed by atoms with van der Waals surface area (Å²) in [5, 5.41) is 3.90. The van der Waals surface area contributed by atoms with Crippen molar-refractivity contribution in [1.29, 1.82) is 0 Å². The summed E-state index contributed by atoms with van der Waals surface area (Å²) >= 11 is 5.98. The van der Waals surface area contributed by atoms with E-state index in [9.17, 15) is 9.59 Å². The molecule has 6 heteroatoms. The van der Waals surface area contributed by atoms with Gasteiger partial charge in [-0.1, -0.05) is 39.3 Å². The molecule has 0 radical (unpaired) electrons. The lowest BCUT2D eigenvalue weighted by Crippen LogP contribution is -2.25. The first-order chi connectivity index (χ1) is 13.3. The molecule has 1 N–H and O–H groups in total. The highest BCUT2D eigenvalue weighted by Gasteiger charge is 2.17. The molecule has 5 nitrogen and oxygen atoms in total. The van der Waals surface area contributed by atoms with Crippen LogP contribution in [0.15, 0.2) is 41.2 Å². The molecule has 2 aromatic carbocycles. The van der Waals surface area contributed by atoms with Gasteiger partial charge in [-0.15, -0.1) is 0 Å². The number of aryl methyl sites for hydroxylation is 1. The summed E-state index contributed by atoms with van der Waals surface area (Å²) < 4.78 is 1.63. The number of carbonyl (C=O) groups is 1. The number of nitrogens with one attached hydrogen (secondary N) is 1. The molecule has 0 bridgehead atoms. The maximum atomic E-state index is 13.2. The number of hydrogen-bond donors (Lipinski definition) is 1. The molecular weight excluding hydrogens is 374 g/mol. The predicted octanol–water partition coefficient (Wildman–Crippen LogP) is 5.46. The fraction of sp³-hybridized carbons (Fsp3) is 0.318. The lowest BCUT2D eigenvalue weighted by atomic mass is 10.1. The van der Waals surface area contributed by atoms with Crippen molar-refractivity contribution in [2.45, 2.75) is 47.5 Å². The second-order valence-corrected chi connectivity index (χ2v) is 6.99. The van der Waals surface area contributed by atoms with Crippen LogP contribution in [0.2, 0.25) is 5.02 Å². The quantitative estimate of drug-likeness (QED) is 0.636. The van der Waals surface area contributed by atoms with Crippen molar-refractivity contribution in [3.05, 3.63) is 63.2 Å². The van der Waals surface area contributed by atoms with Gasteiger partial charge in [-0.05, 0) is 48.9 Å². The minimum atomic E-state index is -0.161. The number of fused-ring (bicyclic) bond motifs is 1. The summed E-state index contributed by atoms with van der Waals surface area (Å²) in [6.07, 6.45) is 0. The third kappa shape index (κ3) is 4.25. The Labute approximate surface area is 170 Å². The minimum Gasteiger partial charge on any atom is -0.326 e. The van der Waals surface area contributed by atoms with Crippen molar-refractivity contribution in [3.8, 4) is 5.69 Å². The van der Waals surface area contributed by atoms with Crippen LogP contribution >= 0.6 is 11.6 Å². The van der Waals surface area contributed by atoms with Gasteiger partial charge in [0, 0.05) is 23.6 Å². The van der Waals surface area contributed by atoms with Crippen LogP contribution in [-0.4, -0.2) is 15.5 Å². The molecule has 1 heterocycles. The molecule has 1 amide bonds. The zero-order chi connectivity index (χ0) is 21.0. The van der Waals surface area contributed by atoms with E-state index in [0.29, 0.717) is 27.4 Å². The van der Waals surface area contributed by atoms with Crippen molar-refractivity contribution in [2.75, 3.05) is 5.32 Å². The Morgan fingerprint density at radius 2 is 1.71 bits per heavy atom. The summed E-state index contributed by atoms with van der Waals surface area (Å²) in [6.45, 7) is 11.3.